The molecule has 1 heterocycles. The Kier molecular flexibility index (Phi) is 4.80. The quantitative estimate of drug-likeness (QED) is 0.893. The molecule has 0 spiro atoms. The molecule has 3 N–H and O–H groups in total. The van der Waals surface area contributed by atoms with Crippen LogP contribution in [0, 0.1) is 17.6 Å². The molecule has 0 bridgehead atoms. The Labute approximate surface area is 135 Å². The van der Waals surface area contributed by atoms with Gasteiger partial charge in [-0.25, -0.2) is 8.78 Å². The number of anilines is 1. The molecular formula is C17H23F2N3O. The van der Waals surface area contributed by atoms with Crippen LogP contribution in [0.3, 0.4) is 0 Å². The highest BCUT2D eigenvalue weighted by Gasteiger charge is 2.30. The zero-order chi connectivity index (χ0) is 16.4. The summed E-state index contributed by atoms with van der Waals surface area (Å²) in [5, 5.41) is 2.98. The fraction of sp³-hybridized carbons (Fsp3) is 0.588. The summed E-state index contributed by atoms with van der Waals surface area (Å²) in [5.74, 6) is -0.868. The van der Waals surface area contributed by atoms with Crippen molar-refractivity contribution in [2.24, 2.45) is 11.7 Å². The van der Waals surface area contributed by atoms with E-state index < -0.39 is 11.6 Å². The van der Waals surface area contributed by atoms with Crippen LogP contribution in [0.2, 0.25) is 0 Å². The van der Waals surface area contributed by atoms with Gasteiger partial charge >= 0.3 is 0 Å². The molecule has 1 aromatic rings. The molecule has 126 valence electrons. The summed E-state index contributed by atoms with van der Waals surface area (Å²) in [6.45, 7) is 0.964. The van der Waals surface area contributed by atoms with Gasteiger partial charge in [-0.2, -0.15) is 0 Å². The highest BCUT2D eigenvalue weighted by Crippen LogP contribution is 2.28. The highest BCUT2D eigenvalue weighted by atomic mass is 19.1. The van der Waals surface area contributed by atoms with E-state index in [1.54, 1.807) is 4.90 Å². The Balaban J connectivity index is 1.54. The number of nitrogens with zero attached hydrogens (tertiary/aromatic N) is 1. The van der Waals surface area contributed by atoms with Crippen molar-refractivity contribution >= 4 is 11.6 Å². The van der Waals surface area contributed by atoms with Crippen molar-refractivity contribution in [2.45, 2.75) is 44.2 Å². The first-order chi connectivity index (χ1) is 11.0. The first-order valence-corrected chi connectivity index (χ1v) is 8.28. The molecule has 4 nitrogen and oxygen atoms in total. The summed E-state index contributed by atoms with van der Waals surface area (Å²) in [5.41, 5.74) is 6.00. The fourth-order valence-corrected chi connectivity index (χ4v) is 3.72. The van der Waals surface area contributed by atoms with Crippen molar-refractivity contribution in [3.8, 4) is 0 Å². The number of hydrogen-bond donors (Lipinski definition) is 2. The Morgan fingerprint density at radius 3 is 2.65 bits per heavy atom. The van der Waals surface area contributed by atoms with Crippen LogP contribution in [-0.4, -0.2) is 31.1 Å². The third kappa shape index (κ3) is 3.63. The molecule has 3 rings (SSSR count). The lowest BCUT2D eigenvalue weighted by atomic mass is 9.99. The monoisotopic (exact) mass is 323 g/mol. The van der Waals surface area contributed by atoms with E-state index in [2.05, 4.69) is 5.32 Å². The number of benzene rings is 1. The van der Waals surface area contributed by atoms with Gasteiger partial charge in [0.15, 0.2) is 0 Å². The van der Waals surface area contributed by atoms with Gasteiger partial charge in [0, 0.05) is 31.6 Å². The number of carbonyl (C=O) groups is 1. The van der Waals surface area contributed by atoms with Crippen molar-refractivity contribution in [1.82, 2.24) is 5.32 Å². The van der Waals surface area contributed by atoms with Crippen LogP contribution in [-0.2, 0) is 4.79 Å². The van der Waals surface area contributed by atoms with Crippen molar-refractivity contribution < 1.29 is 13.6 Å². The maximum absolute atomic E-state index is 13.8. The number of amides is 1. The Hall–Kier alpha value is -1.69. The summed E-state index contributed by atoms with van der Waals surface area (Å²) in [6.07, 6.45) is 4.22. The molecule has 0 aromatic heterocycles. The van der Waals surface area contributed by atoms with Crippen molar-refractivity contribution in [1.29, 1.82) is 0 Å². The molecule has 2 fully saturated rings. The summed E-state index contributed by atoms with van der Waals surface area (Å²) in [7, 11) is 0. The van der Waals surface area contributed by atoms with Crippen LogP contribution >= 0.6 is 0 Å². The molecule has 1 aliphatic carbocycles. The number of carbonyl (C=O) groups excluding carboxylic acids is 1. The van der Waals surface area contributed by atoms with Gasteiger partial charge in [-0.3, -0.25) is 4.79 Å². The third-order valence-corrected chi connectivity index (χ3v) is 4.97. The van der Waals surface area contributed by atoms with Gasteiger partial charge in [-0.1, -0.05) is 12.5 Å². The van der Waals surface area contributed by atoms with Crippen molar-refractivity contribution in [3.05, 3.63) is 29.8 Å². The SMILES string of the molecule is N[C@@H]1CCC[C@H]1CC(=O)NC1CCN(c2c(F)cccc2F)C1. The maximum Gasteiger partial charge on any atom is 0.220 e. The van der Waals surface area contributed by atoms with E-state index in [1.165, 1.54) is 18.2 Å². The van der Waals surface area contributed by atoms with Crippen LogP contribution in [0.4, 0.5) is 14.5 Å². The van der Waals surface area contributed by atoms with Gasteiger partial charge in [-0.15, -0.1) is 0 Å². The minimum absolute atomic E-state index is 0.00191. The van der Waals surface area contributed by atoms with Crippen LogP contribution in [0.1, 0.15) is 32.1 Å². The third-order valence-electron chi connectivity index (χ3n) is 4.97. The molecule has 23 heavy (non-hydrogen) atoms. The topological polar surface area (TPSA) is 58.4 Å². The van der Waals surface area contributed by atoms with Crippen LogP contribution in [0.25, 0.3) is 0 Å². The summed E-state index contributed by atoms with van der Waals surface area (Å²) in [4.78, 5) is 13.8. The number of nitrogens with two attached hydrogens (primary N) is 1. The van der Waals surface area contributed by atoms with E-state index in [0.717, 1.165) is 19.3 Å². The molecular weight excluding hydrogens is 300 g/mol. The molecule has 1 saturated heterocycles. The lowest BCUT2D eigenvalue weighted by Crippen LogP contribution is -2.39. The average molecular weight is 323 g/mol. The molecule has 1 saturated carbocycles. The first-order valence-electron chi connectivity index (χ1n) is 8.28. The predicted molar refractivity (Wildman–Crippen MR) is 85.1 cm³/mol. The molecule has 1 aromatic carbocycles. The Bertz CT molecular complexity index is 561. The molecule has 1 aliphatic heterocycles. The molecule has 6 heteroatoms. The summed E-state index contributed by atoms with van der Waals surface area (Å²) < 4.78 is 27.6. The van der Waals surface area contributed by atoms with E-state index >= 15 is 0 Å². The van der Waals surface area contributed by atoms with Gasteiger partial charge in [0.1, 0.15) is 17.3 Å². The number of para-hydroxylation sites is 1. The maximum atomic E-state index is 13.8. The van der Waals surface area contributed by atoms with E-state index in [1.807, 2.05) is 0 Å². The Morgan fingerprint density at radius 2 is 2.00 bits per heavy atom. The second-order valence-corrected chi connectivity index (χ2v) is 6.63. The number of hydrogen-bond acceptors (Lipinski definition) is 3. The normalized spacial score (nSPS) is 27.4. The lowest BCUT2D eigenvalue weighted by Gasteiger charge is -2.21. The van der Waals surface area contributed by atoms with Gasteiger partial charge in [0.2, 0.25) is 5.91 Å². The standard InChI is InChI=1S/C17H23F2N3O/c18-13-4-2-5-14(19)17(13)22-8-7-12(10-22)21-16(23)9-11-3-1-6-15(11)20/h2,4-5,11-12,15H,1,3,6-10,20H2,(H,21,23)/t11-,12?,15+/m0/s1. The number of halogens is 2. The van der Waals surface area contributed by atoms with E-state index in [0.29, 0.717) is 25.9 Å². The van der Waals surface area contributed by atoms with Gasteiger partial charge in [0.05, 0.1) is 0 Å². The minimum atomic E-state index is -0.561. The van der Waals surface area contributed by atoms with Crippen LogP contribution in [0.15, 0.2) is 18.2 Å². The number of rotatable bonds is 4. The number of nitrogens with one attached hydrogen (secondary N) is 1. The van der Waals surface area contributed by atoms with Crippen molar-refractivity contribution in [3.63, 3.8) is 0 Å². The highest BCUT2D eigenvalue weighted by molar-refractivity contribution is 5.76. The van der Waals surface area contributed by atoms with Crippen LogP contribution < -0.4 is 16.0 Å². The minimum Gasteiger partial charge on any atom is -0.365 e. The zero-order valence-corrected chi connectivity index (χ0v) is 13.1. The molecule has 1 unspecified atom stereocenters. The van der Waals surface area contributed by atoms with Crippen molar-refractivity contribution in [2.75, 3.05) is 18.0 Å². The Morgan fingerprint density at radius 1 is 1.26 bits per heavy atom. The second-order valence-electron chi connectivity index (χ2n) is 6.63. The first kappa shape index (κ1) is 16.2. The fourth-order valence-electron chi connectivity index (χ4n) is 3.72. The molecule has 3 atom stereocenters. The summed E-state index contributed by atoms with van der Waals surface area (Å²) in [6, 6.07) is 3.92. The zero-order valence-electron chi connectivity index (χ0n) is 13.1. The average Bonchev–Trinajstić information content (AvgIpc) is 3.09. The predicted octanol–water partition coefficient (Wildman–Crippen LogP) is 2.18. The van der Waals surface area contributed by atoms with E-state index in [-0.39, 0.29) is 29.6 Å². The molecule has 1 amide bonds. The van der Waals surface area contributed by atoms with Gasteiger partial charge in [-0.05, 0) is 37.3 Å². The second kappa shape index (κ2) is 6.83. The van der Waals surface area contributed by atoms with Crippen LogP contribution in [0.5, 0.6) is 0 Å². The summed E-state index contributed by atoms with van der Waals surface area (Å²) >= 11 is 0. The van der Waals surface area contributed by atoms with Gasteiger partial charge < -0.3 is 16.0 Å². The molecule has 0 radical (unpaired) electrons. The lowest BCUT2D eigenvalue weighted by molar-refractivity contribution is -0.122. The smallest absolute Gasteiger partial charge is 0.220 e. The largest absolute Gasteiger partial charge is 0.365 e. The van der Waals surface area contributed by atoms with E-state index in [4.69, 9.17) is 5.73 Å². The van der Waals surface area contributed by atoms with Gasteiger partial charge in [0.25, 0.3) is 0 Å². The van der Waals surface area contributed by atoms with E-state index in [9.17, 15) is 13.6 Å². The molecule has 2 aliphatic rings.